The number of halogens is 1. The molecule has 1 aromatic carbocycles. The summed E-state index contributed by atoms with van der Waals surface area (Å²) < 4.78 is 23.4. The number of carbonyl (C=O) groups excluding carboxylic acids is 2. The number of rotatable bonds is 5. The summed E-state index contributed by atoms with van der Waals surface area (Å²) in [5, 5.41) is 37.4. The lowest BCUT2D eigenvalue weighted by Crippen LogP contribution is -2.50. The van der Waals surface area contributed by atoms with Crippen LogP contribution in [0.4, 0.5) is 0 Å². The number of esters is 1. The second-order valence-electron chi connectivity index (χ2n) is 12.2. The molecule has 2 heterocycles. The van der Waals surface area contributed by atoms with Gasteiger partial charge in [-0.1, -0.05) is 25.4 Å². The van der Waals surface area contributed by atoms with Gasteiger partial charge in [0.15, 0.2) is 6.29 Å². The van der Waals surface area contributed by atoms with E-state index < -0.39 is 66.6 Å². The quantitative estimate of drug-likeness (QED) is 0.284. The number of methoxy groups -OCH3 is 1. The van der Waals surface area contributed by atoms with Crippen LogP contribution in [0.3, 0.4) is 0 Å². The van der Waals surface area contributed by atoms with Crippen LogP contribution in [0, 0.1) is 17.8 Å². The van der Waals surface area contributed by atoms with E-state index in [4.69, 9.17) is 30.5 Å². The summed E-state index contributed by atoms with van der Waals surface area (Å²) in [5.41, 5.74) is 1.53. The van der Waals surface area contributed by atoms with Gasteiger partial charge in [-0.3, -0.25) is 9.59 Å². The first kappa shape index (κ1) is 35.4. The predicted octanol–water partition coefficient (Wildman–Crippen LogP) is 3.46. The van der Waals surface area contributed by atoms with Gasteiger partial charge >= 0.3 is 5.97 Å². The molecule has 2 saturated heterocycles. The van der Waals surface area contributed by atoms with E-state index in [-0.39, 0.29) is 12.0 Å². The third-order valence-electron chi connectivity index (χ3n) is 8.63. The molecule has 43 heavy (non-hydrogen) atoms. The van der Waals surface area contributed by atoms with Gasteiger partial charge in [-0.05, 0) is 76.6 Å². The molecule has 12 heteroatoms. The molecule has 0 radical (unpaired) electrons. The molecule has 1 aromatic rings. The Morgan fingerprint density at radius 2 is 1.77 bits per heavy atom. The van der Waals surface area contributed by atoms with Crippen LogP contribution in [-0.4, -0.2) is 89.0 Å². The van der Waals surface area contributed by atoms with Crippen LogP contribution in [0.25, 0.3) is 0 Å². The molecule has 1 amide bonds. The number of hydrazone groups is 1. The highest BCUT2D eigenvalue weighted by molar-refractivity contribution is 6.30. The molecule has 2 aliphatic heterocycles. The smallest absolute Gasteiger partial charge is 0.311 e. The molecule has 242 valence electrons. The van der Waals surface area contributed by atoms with Gasteiger partial charge in [0.2, 0.25) is 0 Å². The standard InChI is InChI=1S/C31H47ClN2O9/c1-17-15-26(42-20(4)27(17)35)43-25-14-12-23(40-6)11-13-24(33-34-29(37)21-7-9-22(32)10-8-21)18(2)28(36)31(5,39)16-41-30(38)19(25)3/h7-10,17-20,23,25-28,35-36,39H,11-16H2,1-6H3,(H,34,37)/b33-24+/t17?,18?,19?,20?,23?,25-,26-,27+,28?,31?/m0/s1. The van der Waals surface area contributed by atoms with Crippen molar-refractivity contribution in [3.63, 3.8) is 0 Å². The number of hydrogen-bond donors (Lipinski definition) is 4. The van der Waals surface area contributed by atoms with Crippen LogP contribution < -0.4 is 5.43 Å². The topological polar surface area (TPSA) is 156 Å². The summed E-state index contributed by atoms with van der Waals surface area (Å²) in [6.07, 6.45) is -1.54. The Hall–Kier alpha value is -2.12. The minimum atomic E-state index is -1.82. The highest BCUT2D eigenvalue weighted by atomic mass is 35.5. The zero-order chi connectivity index (χ0) is 31.9. The molecule has 11 nitrogen and oxygen atoms in total. The van der Waals surface area contributed by atoms with Crippen molar-refractivity contribution in [3.05, 3.63) is 34.9 Å². The van der Waals surface area contributed by atoms with E-state index in [9.17, 15) is 24.9 Å². The third-order valence-corrected chi connectivity index (χ3v) is 8.88. The second kappa shape index (κ2) is 15.7. The Bertz CT molecular complexity index is 1090. The molecule has 2 fully saturated rings. The minimum absolute atomic E-state index is 0.0438. The Labute approximate surface area is 258 Å². The first-order valence-electron chi connectivity index (χ1n) is 14.9. The van der Waals surface area contributed by atoms with E-state index in [0.717, 1.165) is 0 Å². The van der Waals surface area contributed by atoms with Crippen molar-refractivity contribution in [2.24, 2.45) is 22.9 Å². The molecule has 0 aromatic heterocycles. The summed E-state index contributed by atoms with van der Waals surface area (Å²) in [6.45, 7) is 8.04. The second-order valence-corrected chi connectivity index (χ2v) is 12.6. The summed E-state index contributed by atoms with van der Waals surface area (Å²) in [4.78, 5) is 25.9. The van der Waals surface area contributed by atoms with Crippen molar-refractivity contribution in [1.82, 2.24) is 5.43 Å². The Balaban J connectivity index is 1.82. The summed E-state index contributed by atoms with van der Waals surface area (Å²) >= 11 is 5.93. The molecule has 0 saturated carbocycles. The summed E-state index contributed by atoms with van der Waals surface area (Å²) in [7, 11) is 1.60. The van der Waals surface area contributed by atoms with Crippen molar-refractivity contribution in [1.29, 1.82) is 0 Å². The van der Waals surface area contributed by atoms with E-state index in [2.05, 4.69) is 10.5 Å². The van der Waals surface area contributed by atoms with Gasteiger partial charge in [0.1, 0.15) is 12.2 Å². The van der Waals surface area contributed by atoms with Gasteiger partial charge in [0.25, 0.3) is 5.91 Å². The number of cyclic esters (lactones) is 1. The zero-order valence-corrected chi connectivity index (χ0v) is 26.6. The summed E-state index contributed by atoms with van der Waals surface area (Å²) in [5.74, 6) is -2.48. The van der Waals surface area contributed by atoms with Crippen LogP contribution in [0.2, 0.25) is 5.02 Å². The molecular formula is C31H47ClN2O9. The molecule has 2 aliphatic rings. The molecule has 7 unspecified atom stereocenters. The lowest BCUT2D eigenvalue weighted by atomic mass is 9.84. The van der Waals surface area contributed by atoms with Crippen LogP contribution in [-0.2, 0) is 23.7 Å². The fourth-order valence-electron chi connectivity index (χ4n) is 5.52. The molecular weight excluding hydrogens is 580 g/mol. The monoisotopic (exact) mass is 626 g/mol. The van der Waals surface area contributed by atoms with E-state index in [1.165, 1.54) is 6.92 Å². The number of ether oxygens (including phenoxy) is 4. The van der Waals surface area contributed by atoms with E-state index in [0.29, 0.717) is 48.4 Å². The van der Waals surface area contributed by atoms with Gasteiger partial charge < -0.3 is 34.3 Å². The molecule has 0 aliphatic carbocycles. The maximum Gasteiger partial charge on any atom is 0.311 e. The molecule has 4 N–H and O–H groups in total. The maximum atomic E-state index is 13.2. The zero-order valence-electron chi connectivity index (χ0n) is 25.9. The maximum absolute atomic E-state index is 13.2. The van der Waals surface area contributed by atoms with Crippen LogP contribution in [0.5, 0.6) is 0 Å². The van der Waals surface area contributed by atoms with Crippen molar-refractivity contribution in [3.8, 4) is 0 Å². The fourth-order valence-corrected chi connectivity index (χ4v) is 5.65. The first-order chi connectivity index (χ1) is 20.2. The number of nitrogens with one attached hydrogen (secondary N) is 1. The Morgan fingerprint density at radius 1 is 1.09 bits per heavy atom. The Morgan fingerprint density at radius 3 is 2.40 bits per heavy atom. The average molecular weight is 627 g/mol. The highest BCUT2D eigenvalue weighted by Gasteiger charge is 2.41. The SMILES string of the molecule is COC1CC/C(=N\NC(=O)c2ccc(Cl)cc2)C(C)C(O)C(C)(O)COC(=O)C(C)[C@@H](O[C@H]2CC(C)[C@@H](O)C(C)O2)CC1. The number of aliphatic hydroxyl groups excluding tert-OH is 2. The van der Waals surface area contributed by atoms with E-state index in [1.807, 2.05) is 6.92 Å². The predicted molar refractivity (Wildman–Crippen MR) is 161 cm³/mol. The molecule has 0 bridgehead atoms. The third kappa shape index (κ3) is 9.68. The fraction of sp³-hybridized carbons (Fsp3) is 0.710. The number of amides is 1. The van der Waals surface area contributed by atoms with Gasteiger partial charge in [-0.2, -0.15) is 5.10 Å². The van der Waals surface area contributed by atoms with Crippen LogP contribution in [0.1, 0.15) is 77.1 Å². The van der Waals surface area contributed by atoms with E-state index in [1.54, 1.807) is 52.1 Å². The van der Waals surface area contributed by atoms with Gasteiger partial charge in [-0.25, -0.2) is 5.43 Å². The molecule has 0 spiro atoms. The van der Waals surface area contributed by atoms with Gasteiger partial charge in [0, 0.05) is 35.7 Å². The van der Waals surface area contributed by atoms with Crippen LogP contribution in [0.15, 0.2) is 29.4 Å². The largest absolute Gasteiger partial charge is 0.462 e. The number of nitrogens with zero attached hydrogens (tertiary/aromatic N) is 1. The van der Waals surface area contributed by atoms with Crippen molar-refractivity contribution in [2.75, 3.05) is 13.7 Å². The van der Waals surface area contributed by atoms with Crippen molar-refractivity contribution in [2.45, 2.75) is 109 Å². The van der Waals surface area contributed by atoms with Crippen LogP contribution >= 0.6 is 11.6 Å². The number of benzene rings is 1. The Kier molecular flexibility index (Phi) is 12.9. The minimum Gasteiger partial charge on any atom is -0.462 e. The number of aliphatic hydroxyl groups is 3. The normalized spacial score (nSPS) is 37.8. The average Bonchev–Trinajstić information content (AvgIpc) is 2.97. The van der Waals surface area contributed by atoms with Gasteiger partial charge in [0.05, 0.1) is 36.4 Å². The molecule has 10 atom stereocenters. The number of carbonyl (C=O) groups is 2. The van der Waals surface area contributed by atoms with Crippen molar-refractivity contribution >= 4 is 29.2 Å². The first-order valence-corrected chi connectivity index (χ1v) is 15.3. The summed E-state index contributed by atoms with van der Waals surface area (Å²) in [6, 6.07) is 6.35. The highest BCUT2D eigenvalue weighted by Crippen LogP contribution is 2.30. The molecule has 3 rings (SSSR count). The lowest BCUT2D eigenvalue weighted by molar-refractivity contribution is -0.255. The van der Waals surface area contributed by atoms with E-state index >= 15 is 0 Å². The van der Waals surface area contributed by atoms with Crippen molar-refractivity contribution < 1.29 is 43.9 Å². The lowest BCUT2D eigenvalue weighted by Gasteiger charge is -2.39. The number of hydrogen-bond acceptors (Lipinski definition) is 10. The van der Waals surface area contributed by atoms with Gasteiger partial charge in [-0.15, -0.1) is 0 Å².